The molecule has 4 heterocycles. The van der Waals surface area contributed by atoms with Crippen molar-refractivity contribution in [3.63, 3.8) is 0 Å². The first-order valence-corrected chi connectivity index (χ1v) is 16.7. The lowest BCUT2D eigenvalue weighted by atomic mass is 10.1. The molecule has 0 saturated carbocycles. The summed E-state index contributed by atoms with van der Waals surface area (Å²) in [4.78, 5) is 47.3. The van der Waals surface area contributed by atoms with E-state index in [2.05, 4.69) is 15.3 Å². The predicted octanol–water partition coefficient (Wildman–Crippen LogP) is 4.35. The van der Waals surface area contributed by atoms with E-state index in [-0.39, 0.29) is 79.4 Å². The number of amides is 2. The van der Waals surface area contributed by atoms with Crippen LogP contribution in [0, 0.1) is 17.7 Å². The first-order chi connectivity index (χ1) is 22.5. The molecule has 1 fully saturated rings. The summed E-state index contributed by atoms with van der Waals surface area (Å²) in [6, 6.07) is 8.78. The summed E-state index contributed by atoms with van der Waals surface area (Å²) in [6.07, 6.45) is 5.04. The van der Waals surface area contributed by atoms with Gasteiger partial charge in [-0.25, -0.2) is 18.6 Å². The average Bonchev–Trinajstić information content (AvgIpc) is 3.75. The number of piperazine rings is 1. The van der Waals surface area contributed by atoms with Gasteiger partial charge in [0.25, 0.3) is 17.6 Å². The van der Waals surface area contributed by atoms with Gasteiger partial charge >= 0.3 is 7.82 Å². The van der Waals surface area contributed by atoms with E-state index in [1.807, 2.05) is 33.8 Å². The summed E-state index contributed by atoms with van der Waals surface area (Å²) in [5.74, 6) is -2.74. The molecule has 0 N–H and O–H groups in total. The number of carbonyl (C=O) groups excluding carboxylic acids is 3. The Bertz CT molecular complexity index is 1760. The largest absolute Gasteiger partial charge is 0.476 e. The quantitative estimate of drug-likeness (QED) is 0.114. The predicted molar refractivity (Wildman–Crippen MR) is 168 cm³/mol. The summed E-state index contributed by atoms with van der Waals surface area (Å²) in [5.41, 5.74) is 0.322. The molecule has 0 spiro atoms. The molecule has 0 aliphatic carbocycles. The summed E-state index contributed by atoms with van der Waals surface area (Å²) < 4.78 is 48.5. The lowest BCUT2D eigenvalue weighted by Crippen LogP contribution is -2.52. The van der Waals surface area contributed by atoms with E-state index >= 15 is 4.39 Å². The van der Waals surface area contributed by atoms with Gasteiger partial charge in [-0.1, -0.05) is 51.1 Å². The Hall–Kier alpha value is -4.30. The van der Waals surface area contributed by atoms with Crippen LogP contribution in [0.5, 0.6) is 0 Å². The fourth-order valence-electron chi connectivity index (χ4n) is 4.90. The van der Waals surface area contributed by atoms with Crippen molar-refractivity contribution >= 4 is 36.3 Å². The van der Waals surface area contributed by atoms with Crippen molar-refractivity contribution in [2.24, 2.45) is 11.8 Å². The van der Waals surface area contributed by atoms with Crippen LogP contribution < -0.4 is 0 Å². The second-order valence-corrected chi connectivity index (χ2v) is 13.5. The minimum absolute atomic E-state index is 0.0211. The first-order valence-electron chi connectivity index (χ1n) is 15.2. The molecular formula is C31H37FN7O7P. The number of nitrogens with zero attached hydrogens (tertiary/aromatic N) is 7. The van der Waals surface area contributed by atoms with Gasteiger partial charge in [0.2, 0.25) is 0 Å². The lowest BCUT2D eigenvalue weighted by molar-refractivity contribution is -0.127. The number of benzene rings is 1. The first kappa shape index (κ1) is 34.0. The van der Waals surface area contributed by atoms with Gasteiger partial charge in [0.15, 0.2) is 11.6 Å². The second kappa shape index (κ2) is 14.6. The highest BCUT2D eigenvalue weighted by molar-refractivity contribution is 7.48. The fourth-order valence-corrected chi connectivity index (χ4v) is 6.36. The number of rotatable bonds is 13. The van der Waals surface area contributed by atoms with E-state index in [0.29, 0.717) is 5.56 Å². The number of phosphoric acid groups is 1. The number of halogens is 1. The smallest absolute Gasteiger partial charge is 0.335 e. The molecule has 4 aromatic rings. The maximum absolute atomic E-state index is 15.6. The van der Waals surface area contributed by atoms with Gasteiger partial charge in [-0.05, 0) is 24.0 Å². The van der Waals surface area contributed by atoms with E-state index in [1.54, 1.807) is 29.2 Å². The fraction of sp³-hybridized carbons (Fsp3) is 0.419. The van der Waals surface area contributed by atoms with E-state index in [0.717, 1.165) is 6.20 Å². The second-order valence-electron chi connectivity index (χ2n) is 11.9. The number of hydrogen-bond acceptors (Lipinski definition) is 10. The lowest BCUT2D eigenvalue weighted by Gasteiger charge is -2.34. The molecule has 0 radical (unpaired) electrons. The Labute approximate surface area is 271 Å². The van der Waals surface area contributed by atoms with Gasteiger partial charge < -0.3 is 14.4 Å². The molecule has 0 atom stereocenters. The Kier molecular flexibility index (Phi) is 10.6. The molecule has 1 saturated heterocycles. The SMILES string of the molecule is CC(C)COP(=O)(OCC(C)C)OCn1cc(C(=O)C(=O)N2CCN(C(=O)c3ccccc3)CC2)c2c(F)cnc(-n3ccnn3)c21. The molecule has 1 aliphatic heterocycles. The Morgan fingerprint density at radius 2 is 1.57 bits per heavy atom. The zero-order chi connectivity index (χ0) is 33.7. The van der Waals surface area contributed by atoms with Crippen LogP contribution >= 0.6 is 7.82 Å². The monoisotopic (exact) mass is 669 g/mol. The normalized spacial score (nSPS) is 14.0. The summed E-state index contributed by atoms with van der Waals surface area (Å²) >= 11 is 0. The van der Waals surface area contributed by atoms with Crippen LogP contribution in [-0.2, 0) is 29.7 Å². The topological polar surface area (TPSA) is 151 Å². The number of hydrogen-bond donors (Lipinski definition) is 0. The van der Waals surface area contributed by atoms with Gasteiger partial charge in [0.05, 0.1) is 48.3 Å². The van der Waals surface area contributed by atoms with Crippen molar-refractivity contribution in [1.82, 2.24) is 34.3 Å². The van der Waals surface area contributed by atoms with E-state index in [9.17, 15) is 18.9 Å². The van der Waals surface area contributed by atoms with Crippen molar-refractivity contribution in [3.05, 3.63) is 72.1 Å². The zero-order valence-corrected chi connectivity index (χ0v) is 27.5. The van der Waals surface area contributed by atoms with Crippen LogP contribution in [0.25, 0.3) is 16.7 Å². The van der Waals surface area contributed by atoms with Gasteiger partial charge in [-0.3, -0.25) is 28.0 Å². The number of ketones is 1. The van der Waals surface area contributed by atoms with Crippen LogP contribution in [0.15, 0.2) is 55.1 Å². The van der Waals surface area contributed by atoms with Crippen molar-refractivity contribution in [1.29, 1.82) is 0 Å². The number of pyridine rings is 1. The molecule has 16 heteroatoms. The van der Waals surface area contributed by atoms with Gasteiger partial charge in [-0.15, -0.1) is 5.10 Å². The standard InChI is InChI=1S/C31H37FN7O7P/c1-21(2)18-44-47(43,45-19-22(3)4)46-20-38-17-24(26-25(32)16-33-29(27(26)38)39-11-10-34-35-39)28(40)31(42)37-14-12-36(13-15-37)30(41)23-8-6-5-7-9-23/h5-11,16-17,21-22H,12-15,18-20H2,1-4H3. The summed E-state index contributed by atoms with van der Waals surface area (Å²) in [6.45, 7) is 7.85. The Morgan fingerprint density at radius 1 is 0.936 bits per heavy atom. The number of Topliss-reactive ketones (excluding diaryl/α,β-unsaturated/α-hetero) is 1. The number of fused-ring (bicyclic) bond motifs is 1. The van der Waals surface area contributed by atoms with E-state index < -0.39 is 32.1 Å². The van der Waals surface area contributed by atoms with Crippen LogP contribution in [0.2, 0.25) is 0 Å². The van der Waals surface area contributed by atoms with Crippen LogP contribution in [-0.4, -0.2) is 91.3 Å². The highest BCUT2D eigenvalue weighted by atomic mass is 31.2. The molecular weight excluding hydrogens is 632 g/mol. The van der Waals surface area contributed by atoms with Gasteiger partial charge in [0.1, 0.15) is 6.73 Å². The molecule has 14 nitrogen and oxygen atoms in total. The summed E-state index contributed by atoms with van der Waals surface area (Å²) in [7, 11) is -4.11. The number of phosphoric ester groups is 1. The molecule has 2 amide bonds. The van der Waals surface area contributed by atoms with Gasteiger partial charge in [0, 0.05) is 37.9 Å². The number of carbonyl (C=O) groups is 3. The maximum atomic E-state index is 15.6. The summed E-state index contributed by atoms with van der Waals surface area (Å²) in [5, 5.41) is 7.54. The van der Waals surface area contributed by atoms with Crippen LogP contribution in [0.4, 0.5) is 4.39 Å². The Morgan fingerprint density at radius 3 is 2.17 bits per heavy atom. The third-order valence-corrected chi connectivity index (χ3v) is 8.63. The van der Waals surface area contributed by atoms with E-state index in [1.165, 1.54) is 32.7 Å². The van der Waals surface area contributed by atoms with Crippen LogP contribution in [0.1, 0.15) is 48.4 Å². The minimum Gasteiger partial charge on any atom is -0.335 e. The van der Waals surface area contributed by atoms with Crippen molar-refractivity contribution in [2.75, 3.05) is 39.4 Å². The van der Waals surface area contributed by atoms with Crippen molar-refractivity contribution < 1.29 is 36.9 Å². The minimum atomic E-state index is -4.11. The molecule has 0 unspecified atom stereocenters. The molecule has 0 bridgehead atoms. The van der Waals surface area contributed by atoms with E-state index in [4.69, 9.17) is 13.6 Å². The third kappa shape index (κ3) is 7.82. The third-order valence-electron chi connectivity index (χ3n) is 7.27. The molecule has 5 rings (SSSR count). The van der Waals surface area contributed by atoms with Crippen molar-refractivity contribution in [3.8, 4) is 5.82 Å². The molecule has 47 heavy (non-hydrogen) atoms. The molecule has 1 aliphatic rings. The molecule has 250 valence electrons. The zero-order valence-electron chi connectivity index (χ0n) is 26.6. The van der Waals surface area contributed by atoms with Gasteiger partial charge in [-0.2, -0.15) is 0 Å². The Balaban J connectivity index is 1.43. The van der Waals surface area contributed by atoms with Crippen molar-refractivity contribution in [2.45, 2.75) is 34.4 Å². The van der Waals surface area contributed by atoms with Crippen LogP contribution in [0.3, 0.4) is 0 Å². The number of aromatic nitrogens is 5. The highest BCUT2D eigenvalue weighted by Crippen LogP contribution is 2.50. The highest BCUT2D eigenvalue weighted by Gasteiger charge is 2.34. The maximum Gasteiger partial charge on any atom is 0.476 e. The average molecular weight is 670 g/mol. The molecule has 3 aromatic heterocycles. The molecule has 1 aromatic carbocycles.